The Morgan fingerprint density at radius 1 is 1.10 bits per heavy atom. The van der Waals surface area contributed by atoms with Gasteiger partial charge in [-0.3, -0.25) is 9.78 Å². The number of hydrogen-bond acceptors (Lipinski definition) is 4. The van der Waals surface area contributed by atoms with Crippen LogP contribution in [0.1, 0.15) is 21.5 Å². The van der Waals surface area contributed by atoms with Crippen LogP contribution in [0.25, 0.3) is 22.2 Å². The van der Waals surface area contributed by atoms with E-state index in [-0.39, 0.29) is 5.91 Å². The van der Waals surface area contributed by atoms with Crippen LogP contribution in [0, 0.1) is 6.92 Å². The lowest BCUT2D eigenvalue weighted by atomic mass is 10.0. The molecule has 0 spiro atoms. The van der Waals surface area contributed by atoms with E-state index in [0.29, 0.717) is 5.56 Å². The van der Waals surface area contributed by atoms with E-state index in [0.717, 1.165) is 39.0 Å². The zero-order chi connectivity index (χ0) is 20.2. The summed E-state index contributed by atoms with van der Waals surface area (Å²) in [4.78, 5) is 19.6. The topological polar surface area (TPSA) is 79.4 Å². The molecule has 0 aliphatic carbocycles. The van der Waals surface area contributed by atoms with Crippen LogP contribution in [-0.4, -0.2) is 29.2 Å². The standard InChI is InChI=1S/C23H20N4O2/c1-15-3-8-21-19(13-15)20(14-25-27-23(28)17-9-11-24-12-10-17)22(26-21)16-4-6-18(29-2)7-5-16/h3-14,26H,1-2H3,(H,27,28)/b25-14+. The lowest BCUT2D eigenvalue weighted by molar-refractivity contribution is 0.0955. The molecule has 0 aliphatic heterocycles. The molecule has 0 radical (unpaired) electrons. The van der Waals surface area contributed by atoms with Crippen LogP contribution in [0.5, 0.6) is 5.75 Å². The number of carbonyl (C=O) groups excluding carboxylic acids is 1. The van der Waals surface area contributed by atoms with Crippen molar-refractivity contribution in [2.75, 3.05) is 7.11 Å². The second kappa shape index (κ2) is 7.98. The number of hydrogen-bond donors (Lipinski definition) is 2. The second-order valence-electron chi connectivity index (χ2n) is 6.63. The number of pyridine rings is 1. The van der Waals surface area contributed by atoms with Gasteiger partial charge in [-0.15, -0.1) is 0 Å². The van der Waals surface area contributed by atoms with Crippen LogP contribution < -0.4 is 10.2 Å². The van der Waals surface area contributed by atoms with Crippen LogP contribution >= 0.6 is 0 Å². The van der Waals surface area contributed by atoms with Crippen molar-refractivity contribution in [3.05, 3.63) is 83.7 Å². The van der Waals surface area contributed by atoms with Crippen molar-refractivity contribution in [2.24, 2.45) is 5.10 Å². The van der Waals surface area contributed by atoms with Gasteiger partial charge < -0.3 is 9.72 Å². The predicted molar refractivity (Wildman–Crippen MR) is 114 cm³/mol. The number of aryl methyl sites for hydroxylation is 1. The van der Waals surface area contributed by atoms with E-state index >= 15 is 0 Å². The zero-order valence-electron chi connectivity index (χ0n) is 16.1. The number of carbonyl (C=O) groups is 1. The van der Waals surface area contributed by atoms with Gasteiger partial charge in [0.05, 0.1) is 19.0 Å². The number of H-pyrrole nitrogens is 1. The summed E-state index contributed by atoms with van der Waals surface area (Å²) in [6.07, 6.45) is 4.82. The van der Waals surface area contributed by atoms with Crippen LogP contribution in [0.15, 0.2) is 72.1 Å². The molecular weight excluding hydrogens is 364 g/mol. The number of amides is 1. The number of aromatic amines is 1. The highest BCUT2D eigenvalue weighted by atomic mass is 16.5. The van der Waals surface area contributed by atoms with Crippen molar-refractivity contribution in [1.82, 2.24) is 15.4 Å². The molecule has 0 saturated heterocycles. The second-order valence-corrected chi connectivity index (χ2v) is 6.63. The number of rotatable bonds is 5. The Balaban J connectivity index is 1.71. The van der Waals surface area contributed by atoms with E-state index in [4.69, 9.17) is 4.74 Å². The maximum atomic E-state index is 12.2. The molecule has 4 aromatic rings. The van der Waals surface area contributed by atoms with E-state index in [9.17, 15) is 4.79 Å². The number of aromatic nitrogens is 2. The molecule has 29 heavy (non-hydrogen) atoms. The minimum absolute atomic E-state index is 0.286. The van der Waals surface area contributed by atoms with Gasteiger partial charge in [0.1, 0.15) is 5.75 Å². The number of fused-ring (bicyclic) bond motifs is 1. The van der Waals surface area contributed by atoms with Gasteiger partial charge in [0.25, 0.3) is 5.91 Å². The molecule has 144 valence electrons. The molecule has 1 amide bonds. The summed E-state index contributed by atoms with van der Waals surface area (Å²) >= 11 is 0. The van der Waals surface area contributed by atoms with Gasteiger partial charge in [0.15, 0.2) is 0 Å². The zero-order valence-corrected chi connectivity index (χ0v) is 16.1. The third-order valence-electron chi connectivity index (χ3n) is 4.68. The molecule has 6 heteroatoms. The van der Waals surface area contributed by atoms with Gasteiger partial charge in [0.2, 0.25) is 0 Å². The Bertz CT molecular complexity index is 1180. The Kier molecular flexibility index (Phi) is 5.07. The van der Waals surface area contributed by atoms with E-state index < -0.39 is 0 Å². The molecule has 0 atom stereocenters. The summed E-state index contributed by atoms with van der Waals surface area (Å²) in [5, 5.41) is 5.24. The molecule has 2 heterocycles. The average molecular weight is 384 g/mol. The Hall–Kier alpha value is -3.93. The van der Waals surface area contributed by atoms with E-state index in [1.165, 1.54) is 0 Å². The first kappa shape index (κ1) is 18.4. The molecular formula is C23H20N4O2. The number of nitrogens with zero attached hydrogens (tertiary/aromatic N) is 2. The SMILES string of the molecule is COc1ccc(-c2[nH]c3ccc(C)cc3c2/C=N/NC(=O)c2ccncc2)cc1. The third-order valence-corrected chi connectivity index (χ3v) is 4.68. The largest absolute Gasteiger partial charge is 0.497 e. The van der Waals surface area contributed by atoms with Crippen LogP contribution in [0.4, 0.5) is 0 Å². The van der Waals surface area contributed by atoms with E-state index in [1.54, 1.807) is 37.9 Å². The Morgan fingerprint density at radius 3 is 2.59 bits per heavy atom. The van der Waals surface area contributed by atoms with Gasteiger partial charge in [-0.1, -0.05) is 11.6 Å². The summed E-state index contributed by atoms with van der Waals surface area (Å²) in [5.74, 6) is 0.506. The summed E-state index contributed by atoms with van der Waals surface area (Å²) in [6, 6.07) is 17.3. The fourth-order valence-electron chi connectivity index (χ4n) is 3.17. The van der Waals surface area contributed by atoms with Crippen molar-refractivity contribution >= 4 is 23.0 Å². The van der Waals surface area contributed by atoms with Crippen molar-refractivity contribution in [3.63, 3.8) is 0 Å². The maximum Gasteiger partial charge on any atom is 0.271 e. The number of nitrogens with one attached hydrogen (secondary N) is 2. The first-order chi connectivity index (χ1) is 14.2. The highest BCUT2D eigenvalue weighted by Gasteiger charge is 2.12. The lowest BCUT2D eigenvalue weighted by Crippen LogP contribution is -2.17. The lowest BCUT2D eigenvalue weighted by Gasteiger charge is -2.04. The summed E-state index contributed by atoms with van der Waals surface area (Å²) in [5.41, 5.74) is 8.07. The minimum atomic E-state index is -0.286. The smallest absolute Gasteiger partial charge is 0.271 e. The molecule has 0 aliphatic rings. The highest BCUT2D eigenvalue weighted by Crippen LogP contribution is 2.30. The van der Waals surface area contributed by atoms with Gasteiger partial charge in [-0.05, 0) is 61.0 Å². The third kappa shape index (κ3) is 3.87. The number of methoxy groups -OCH3 is 1. The Labute approximate surface area is 168 Å². The van der Waals surface area contributed by atoms with Crippen molar-refractivity contribution in [3.8, 4) is 17.0 Å². The fraction of sp³-hybridized carbons (Fsp3) is 0.0870. The van der Waals surface area contributed by atoms with Gasteiger partial charge >= 0.3 is 0 Å². The van der Waals surface area contributed by atoms with Gasteiger partial charge in [-0.25, -0.2) is 5.43 Å². The monoisotopic (exact) mass is 384 g/mol. The number of benzene rings is 2. The van der Waals surface area contributed by atoms with Crippen LogP contribution in [0.2, 0.25) is 0 Å². The summed E-state index contributed by atoms with van der Waals surface area (Å²) in [6.45, 7) is 2.05. The van der Waals surface area contributed by atoms with Crippen LogP contribution in [0.3, 0.4) is 0 Å². The fourth-order valence-corrected chi connectivity index (χ4v) is 3.17. The molecule has 2 aromatic heterocycles. The van der Waals surface area contributed by atoms with Crippen LogP contribution in [-0.2, 0) is 0 Å². The highest BCUT2D eigenvalue weighted by molar-refractivity contribution is 6.06. The molecule has 0 unspecified atom stereocenters. The van der Waals surface area contributed by atoms with Crippen molar-refractivity contribution < 1.29 is 9.53 Å². The molecule has 0 bridgehead atoms. The van der Waals surface area contributed by atoms with Gasteiger partial charge in [0, 0.05) is 34.4 Å². The average Bonchev–Trinajstić information content (AvgIpc) is 3.12. The predicted octanol–water partition coefficient (Wildman–Crippen LogP) is 4.31. The first-order valence-corrected chi connectivity index (χ1v) is 9.16. The molecule has 6 nitrogen and oxygen atoms in total. The quantitative estimate of drug-likeness (QED) is 0.397. The van der Waals surface area contributed by atoms with E-state index in [2.05, 4.69) is 32.6 Å². The molecule has 2 N–H and O–H groups in total. The number of ether oxygens (including phenoxy) is 1. The summed E-state index contributed by atoms with van der Waals surface area (Å²) < 4.78 is 5.25. The van der Waals surface area contributed by atoms with Gasteiger partial charge in [-0.2, -0.15) is 5.10 Å². The molecule has 0 fully saturated rings. The summed E-state index contributed by atoms with van der Waals surface area (Å²) in [7, 11) is 1.64. The normalized spacial score (nSPS) is 11.1. The Morgan fingerprint density at radius 2 is 1.86 bits per heavy atom. The number of hydrazone groups is 1. The molecule has 2 aromatic carbocycles. The first-order valence-electron chi connectivity index (χ1n) is 9.16. The minimum Gasteiger partial charge on any atom is -0.497 e. The van der Waals surface area contributed by atoms with Crippen molar-refractivity contribution in [1.29, 1.82) is 0 Å². The molecule has 0 saturated carbocycles. The maximum absolute atomic E-state index is 12.2. The van der Waals surface area contributed by atoms with Crippen molar-refractivity contribution in [2.45, 2.75) is 6.92 Å². The molecule has 4 rings (SSSR count). The van der Waals surface area contributed by atoms with E-state index in [1.807, 2.05) is 37.3 Å².